The number of amides is 1. The number of rotatable bonds is 9. The number of likely N-dealkylation sites (tertiary alicyclic amines) is 2. The second kappa shape index (κ2) is 14.0. The van der Waals surface area contributed by atoms with Gasteiger partial charge in [0, 0.05) is 66.4 Å². The third-order valence-electron chi connectivity index (χ3n) is 10.5. The lowest BCUT2D eigenvalue weighted by Crippen LogP contribution is -2.37. The smallest absolute Gasteiger partial charge is 0.307 e. The molecule has 6 heterocycles. The summed E-state index contributed by atoms with van der Waals surface area (Å²) >= 11 is 8.83. The van der Waals surface area contributed by atoms with Crippen LogP contribution in [-0.4, -0.2) is 90.6 Å². The van der Waals surface area contributed by atoms with Gasteiger partial charge >= 0.3 is 5.97 Å². The molecule has 2 N–H and O–H groups in total. The Balaban J connectivity index is 0.990. The van der Waals surface area contributed by atoms with Crippen molar-refractivity contribution in [1.82, 2.24) is 29.7 Å². The summed E-state index contributed by atoms with van der Waals surface area (Å²) in [5.74, 6) is -0.949. The van der Waals surface area contributed by atoms with Gasteiger partial charge in [0.05, 0.1) is 53.6 Å². The fourth-order valence-corrected chi connectivity index (χ4v) is 9.12. The van der Waals surface area contributed by atoms with Crippen LogP contribution in [0.5, 0.6) is 0 Å². The molecule has 2 aromatic carbocycles. The van der Waals surface area contributed by atoms with Gasteiger partial charge in [0.1, 0.15) is 5.01 Å². The van der Waals surface area contributed by atoms with Crippen molar-refractivity contribution < 1.29 is 19.8 Å². The van der Waals surface area contributed by atoms with Crippen LogP contribution in [0.4, 0.5) is 0 Å². The number of carbonyl (C=O) groups is 2. The van der Waals surface area contributed by atoms with Crippen LogP contribution < -0.4 is 0 Å². The van der Waals surface area contributed by atoms with E-state index in [0.717, 1.165) is 85.1 Å². The molecule has 0 saturated carbocycles. The van der Waals surface area contributed by atoms with Crippen molar-refractivity contribution in [2.75, 3.05) is 32.7 Å². The SMILES string of the molecule is Cc1c(-c2nc3c(s2)CN(C(=O)CN2CC[C@@H](O)C2)C3)cccc1-c1cccc(Cc2nccc3cc(CN4CC[C@@H](C(=O)O)C4)cnc23)c1Cl. The van der Waals surface area contributed by atoms with Gasteiger partial charge in [-0.2, -0.15) is 0 Å². The highest BCUT2D eigenvalue weighted by molar-refractivity contribution is 7.15. The molecular formula is C39H39ClN6O4S. The number of hydrogen-bond donors (Lipinski definition) is 2. The number of aromatic nitrogens is 3. The highest BCUT2D eigenvalue weighted by Crippen LogP contribution is 2.40. The van der Waals surface area contributed by atoms with Crippen molar-refractivity contribution in [3.8, 4) is 21.7 Å². The van der Waals surface area contributed by atoms with Crippen molar-refractivity contribution in [2.24, 2.45) is 5.92 Å². The van der Waals surface area contributed by atoms with Gasteiger partial charge in [-0.3, -0.25) is 29.4 Å². The Morgan fingerprint density at radius 3 is 2.57 bits per heavy atom. The molecule has 8 rings (SSSR count). The number of carboxylic acid groups (broad SMARTS) is 1. The van der Waals surface area contributed by atoms with E-state index in [1.54, 1.807) is 11.3 Å². The van der Waals surface area contributed by atoms with Gasteiger partial charge in [-0.05, 0) is 60.7 Å². The van der Waals surface area contributed by atoms with Crippen LogP contribution in [-0.2, 0) is 35.6 Å². The highest BCUT2D eigenvalue weighted by atomic mass is 35.5. The molecule has 2 fully saturated rings. The maximum Gasteiger partial charge on any atom is 0.307 e. The predicted molar refractivity (Wildman–Crippen MR) is 197 cm³/mol. The lowest BCUT2D eigenvalue weighted by Gasteiger charge is -2.20. The molecule has 3 aliphatic heterocycles. The molecule has 0 unspecified atom stereocenters. The number of aliphatic hydroxyl groups is 1. The minimum absolute atomic E-state index is 0.0811. The minimum atomic E-state index is -0.725. The molecule has 0 radical (unpaired) electrons. The summed E-state index contributed by atoms with van der Waals surface area (Å²) in [7, 11) is 0. The van der Waals surface area contributed by atoms with Crippen LogP contribution in [0.25, 0.3) is 32.6 Å². The maximum absolute atomic E-state index is 13.0. The lowest BCUT2D eigenvalue weighted by molar-refractivity contribution is -0.141. The van der Waals surface area contributed by atoms with E-state index in [1.807, 2.05) is 46.5 Å². The predicted octanol–water partition coefficient (Wildman–Crippen LogP) is 5.79. The number of pyridine rings is 2. The number of fused-ring (bicyclic) bond motifs is 2. The summed E-state index contributed by atoms with van der Waals surface area (Å²) in [6.45, 7) is 6.84. The molecule has 3 aromatic heterocycles. The van der Waals surface area contributed by atoms with Crippen molar-refractivity contribution in [3.05, 3.63) is 98.9 Å². The monoisotopic (exact) mass is 722 g/mol. The van der Waals surface area contributed by atoms with Gasteiger partial charge in [-0.25, -0.2) is 4.98 Å². The summed E-state index contributed by atoms with van der Waals surface area (Å²) in [4.78, 5) is 46.1. The standard InChI is InChI=1S/C39H39ClN6O4S/c1-23-29(5-3-6-30(23)38-43-33-20-46(21-34(33)51-38)35(48)22-45-13-10-28(47)19-45)31-7-2-4-25(36(31)40)15-32-37-26(8-11-41-32)14-24(16-42-37)17-44-12-9-27(18-44)39(49)50/h2-8,11,14,16,27-28,47H,9-10,12-13,15,17-22H2,1H3,(H,49,50)/t27-,28-/m1/s1. The van der Waals surface area contributed by atoms with Crippen LogP contribution in [0.15, 0.2) is 60.9 Å². The fourth-order valence-electron chi connectivity index (χ4n) is 7.66. The third kappa shape index (κ3) is 6.88. The number of carboxylic acids is 1. The molecule has 10 nitrogen and oxygen atoms in total. The Morgan fingerprint density at radius 1 is 0.980 bits per heavy atom. The molecule has 262 valence electrons. The van der Waals surface area contributed by atoms with Crippen LogP contribution in [0.1, 0.15) is 45.8 Å². The van der Waals surface area contributed by atoms with Crippen molar-refractivity contribution >= 4 is 45.7 Å². The Hall–Kier alpha value is -4.26. The highest BCUT2D eigenvalue weighted by Gasteiger charge is 2.31. The normalized spacial score (nSPS) is 19.3. The zero-order valence-corrected chi connectivity index (χ0v) is 30.0. The molecular weight excluding hydrogens is 684 g/mol. The number of halogens is 1. The first kappa shape index (κ1) is 33.9. The van der Waals surface area contributed by atoms with Gasteiger partial charge in [-0.15, -0.1) is 11.3 Å². The zero-order chi connectivity index (χ0) is 35.2. The Morgan fingerprint density at radius 2 is 1.78 bits per heavy atom. The van der Waals surface area contributed by atoms with E-state index in [9.17, 15) is 19.8 Å². The van der Waals surface area contributed by atoms with Crippen LogP contribution >= 0.6 is 22.9 Å². The first-order chi connectivity index (χ1) is 24.7. The molecule has 1 amide bonds. The molecule has 51 heavy (non-hydrogen) atoms. The largest absolute Gasteiger partial charge is 0.481 e. The van der Waals surface area contributed by atoms with Crippen molar-refractivity contribution in [2.45, 2.75) is 51.9 Å². The van der Waals surface area contributed by atoms with Gasteiger partial charge in [0.15, 0.2) is 0 Å². The number of aliphatic carboxylic acids is 1. The van der Waals surface area contributed by atoms with Crippen molar-refractivity contribution in [3.63, 3.8) is 0 Å². The molecule has 3 aliphatic rings. The summed E-state index contributed by atoms with van der Waals surface area (Å²) in [6, 6.07) is 16.5. The molecule has 0 spiro atoms. The molecule has 2 saturated heterocycles. The number of benzene rings is 2. The number of β-amino-alcohol motifs (C(OH)–C–C–N with tert-alkyl or cyclic N) is 1. The van der Waals surface area contributed by atoms with E-state index in [-0.39, 0.29) is 17.9 Å². The number of hydrogen-bond acceptors (Lipinski definition) is 9. The lowest BCUT2D eigenvalue weighted by atomic mass is 9.94. The summed E-state index contributed by atoms with van der Waals surface area (Å²) in [5, 5.41) is 21.8. The Kier molecular flexibility index (Phi) is 9.32. The van der Waals surface area contributed by atoms with Crippen LogP contribution in [0.2, 0.25) is 5.02 Å². The van der Waals surface area contributed by atoms with Crippen LogP contribution in [0, 0.1) is 12.8 Å². The average molecular weight is 723 g/mol. The van der Waals surface area contributed by atoms with E-state index in [2.05, 4.69) is 36.1 Å². The molecule has 5 aromatic rings. The molecule has 12 heteroatoms. The molecule has 2 atom stereocenters. The van der Waals surface area contributed by atoms with E-state index in [1.165, 1.54) is 0 Å². The fraction of sp³-hybridized carbons (Fsp3) is 0.359. The number of aliphatic hydroxyl groups excluding tert-OH is 1. The van der Waals surface area contributed by atoms with Gasteiger partial charge in [-0.1, -0.05) is 48.0 Å². The zero-order valence-electron chi connectivity index (χ0n) is 28.4. The topological polar surface area (TPSA) is 123 Å². The molecule has 0 aliphatic carbocycles. The second-order valence-corrected chi connectivity index (χ2v) is 15.4. The van der Waals surface area contributed by atoms with E-state index < -0.39 is 5.97 Å². The Labute approximate surface area is 305 Å². The number of carbonyl (C=O) groups excluding carboxylic acids is 1. The number of nitrogens with zero attached hydrogens (tertiary/aromatic N) is 6. The second-order valence-electron chi connectivity index (χ2n) is 14.0. The van der Waals surface area contributed by atoms with Gasteiger partial charge in [0.25, 0.3) is 0 Å². The summed E-state index contributed by atoms with van der Waals surface area (Å²) < 4.78 is 0. The number of thiazole rings is 1. The Bertz CT molecular complexity index is 2130. The first-order valence-electron chi connectivity index (χ1n) is 17.4. The third-order valence-corrected chi connectivity index (χ3v) is 12.0. The summed E-state index contributed by atoms with van der Waals surface area (Å²) in [6.07, 6.45) is 5.27. The van der Waals surface area contributed by atoms with E-state index >= 15 is 0 Å². The molecule has 0 bridgehead atoms. The van der Waals surface area contributed by atoms with Gasteiger partial charge in [0.2, 0.25) is 5.91 Å². The quantitative estimate of drug-likeness (QED) is 0.195. The first-order valence-corrected chi connectivity index (χ1v) is 18.6. The van der Waals surface area contributed by atoms with Crippen molar-refractivity contribution in [1.29, 1.82) is 0 Å². The average Bonchev–Trinajstić information content (AvgIpc) is 3.91. The summed E-state index contributed by atoms with van der Waals surface area (Å²) in [5.41, 5.74) is 8.79. The van der Waals surface area contributed by atoms with Gasteiger partial charge < -0.3 is 15.1 Å². The maximum atomic E-state index is 13.0. The minimum Gasteiger partial charge on any atom is -0.481 e. The van der Waals surface area contributed by atoms with E-state index in [0.29, 0.717) is 57.1 Å². The van der Waals surface area contributed by atoms with E-state index in [4.69, 9.17) is 26.6 Å². The van der Waals surface area contributed by atoms with Crippen LogP contribution in [0.3, 0.4) is 0 Å².